The van der Waals surface area contributed by atoms with Crippen molar-refractivity contribution in [2.24, 2.45) is 0 Å². The summed E-state index contributed by atoms with van der Waals surface area (Å²) in [6, 6.07) is 7.11. The van der Waals surface area contributed by atoms with Crippen molar-refractivity contribution in [3.63, 3.8) is 0 Å². The maximum Gasteiger partial charge on any atom is -0.0398 e. The van der Waals surface area contributed by atoms with Crippen LogP contribution in [0.25, 0.3) is 0 Å². The van der Waals surface area contributed by atoms with E-state index in [-0.39, 0.29) is 0 Å². The Morgan fingerprint density at radius 2 is 1.80 bits per heavy atom. The molecule has 0 saturated heterocycles. The van der Waals surface area contributed by atoms with Crippen LogP contribution in [0.2, 0.25) is 0 Å². The number of hydrogen-bond acceptors (Lipinski definition) is 3. The summed E-state index contributed by atoms with van der Waals surface area (Å²) in [7, 11) is -1.59. The van der Waals surface area contributed by atoms with Crippen molar-refractivity contribution in [1.82, 2.24) is 0 Å². The fourth-order valence-electron chi connectivity index (χ4n) is 0.662. The van der Waals surface area contributed by atoms with Gasteiger partial charge in [0, 0.05) is 0 Å². The van der Waals surface area contributed by atoms with Crippen LogP contribution < -0.4 is 0 Å². The van der Waals surface area contributed by atoms with Crippen LogP contribution in [0.3, 0.4) is 0 Å². The molecule has 1 aromatic rings. The lowest BCUT2D eigenvalue weighted by molar-refractivity contribution is 0.599. The van der Waals surface area contributed by atoms with Crippen LogP contribution in [0.4, 0.5) is 0 Å². The Kier molecular flexibility index (Phi) is 2.06. The Labute approximate surface area is 61.9 Å². The molecule has 0 unspecified atom stereocenters. The maximum atomic E-state index is 10.5. The van der Waals surface area contributed by atoms with Crippen LogP contribution in [0, 0.1) is 11.7 Å². The van der Waals surface area contributed by atoms with Gasteiger partial charge in [0.2, 0.25) is 0 Å². The highest BCUT2D eigenvalue weighted by Gasteiger charge is 1.80. The molecule has 0 radical (unpaired) electrons. The Balaban J connectivity index is 3.12. The molecule has 1 N–H and O–H groups in total. The number of nitrogens with one attached hydrogen (secondary N) is 1. The van der Waals surface area contributed by atoms with E-state index >= 15 is 0 Å². The van der Waals surface area contributed by atoms with Gasteiger partial charge in [-0.05, 0) is 6.92 Å². The molecule has 0 saturated carbocycles. The molecule has 1 aromatic carbocycles. The predicted octanol–water partition coefficient (Wildman–Crippen LogP) is 2.08. The van der Waals surface area contributed by atoms with Crippen molar-refractivity contribution in [3.8, 4) is 0 Å². The van der Waals surface area contributed by atoms with Crippen molar-refractivity contribution in [3.05, 3.63) is 29.8 Å². The molecule has 0 spiro atoms. The van der Waals surface area contributed by atoms with Crippen LogP contribution in [-0.4, -0.2) is 0 Å². The van der Waals surface area contributed by atoms with Crippen LogP contribution in [0.15, 0.2) is 29.2 Å². The highest BCUT2D eigenvalue weighted by molar-refractivity contribution is 7.73. The van der Waals surface area contributed by atoms with Gasteiger partial charge in [-0.1, -0.05) is 29.8 Å². The van der Waals surface area contributed by atoms with E-state index in [1.54, 1.807) is 12.1 Å². The third kappa shape index (κ3) is 1.57. The van der Waals surface area contributed by atoms with Crippen LogP contribution in [-0.2, 0) is 14.8 Å². The van der Waals surface area contributed by atoms with E-state index in [0.29, 0.717) is 4.90 Å². The Morgan fingerprint density at radius 1 is 1.30 bits per heavy atom. The van der Waals surface area contributed by atoms with Gasteiger partial charge in [0.05, 0.1) is 0 Å². The zero-order valence-electron chi connectivity index (χ0n) is 5.63. The average molecular weight is 154 g/mol. The van der Waals surface area contributed by atoms with Gasteiger partial charge in [-0.25, -0.2) is 0 Å². The topological polar surface area (TPSA) is 40.9 Å². The van der Waals surface area contributed by atoms with E-state index in [9.17, 15) is 4.21 Å². The molecule has 2 nitrogen and oxygen atoms in total. The van der Waals surface area contributed by atoms with E-state index in [0.717, 1.165) is 5.56 Å². The van der Waals surface area contributed by atoms with Crippen molar-refractivity contribution >= 4 is 10.6 Å². The molecule has 1 rings (SSSR count). The first-order valence-corrected chi connectivity index (χ1v) is 4.05. The summed E-state index contributed by atoms with van der Waals surface area (Å²) < 4.78 is 17.4. The first-order chi connectivity index (χ1) is 4.70. The van der Waals surface area contributed by atoms with Gasteiger partial charge in [0.25, 0.3) is 0 Å². The van der Waals surface area contributed by atoms with E-state index in [2.05, 4.69) is 0 Å². The highest BCUT2D eigenvalue weighted by Crippen LogP contribution is 2.03. The summed E-state index contributed by atoms with van der Waals surface area (Å²) in [4.78, 5) is 0.561. The number of benzene rings is 1. The fourth-order valence-corrected chi connectivity index (χ4v) is 1.05. The van der Waals surface area contributed by atoms with E-state index in [4.69, 9.17) is 4.78 Å². The molecule has 0 atom stereocenters. The molecule has 0 aliphatic carbocycles. The van der Waals surface area contributed by atoms with Crippen LogP contribution in [0.5, 0.6) is 0 Å². The van der Waals surface area contributed by atoms with Crippen molar-refractivity contribution < 1.29 is 4.21 Å². The lowest BCUT2D eigenvalue weighted by Crippen LogP contribution is -1.76. The van der Waals surface area contributed by atoms with E-state index in [1.165, 1.54) is 0 Å². The zero-order valence-corrected chi connectivity index (χ0v) is 6.44. The molecule has 10 heavy (non-hydrogen) atoms. The minimum absolute atomic E-state index is 0.561. The van der Waals surface area contributed by atoms with Gasteiger partial charge >= 0.3 is 0 Å². The Hall–Kier alpha value is -0.830. The molecular weight excluding hydrogens is 146 g/mol. The molecular formula is C7H8NOS-. The Bertz CT molecular complexity index is 279. The van der Waals surface area contributed by atoms with Crippen LogP contribution in [0.1, 0.15) is 5.56 Å². The molecule has 54 valence electrons. The predicted molar refractivity (Wildman–Crippen MR) is 40.2 cm³/mol. The number of hydrogen-bond donors (Lipinski definition) is 1. The Morgan fingerprint density at radius 3 is 2.20 bits per heavy atom. The second-order valence-electron chi connectivity index (χ2n) is 2.08. The summed E-state index contributed by atoms with van der Waals surface area (Å²) >= 11 is 0. The lowest BCUT2D eigenvalue weighted by Gasteiger charge is -2.00. The summed E-state index contributed by atoms with van der Waals surface area (Å²) in [5, 5.41) is 0. The van der Waals surface area contributed by atoms with Gasteiger partial charge in [-0.2, -0.15) is 10.6 Å². The molecule has 3 heteroatoms. The quantitative estimate of drug-likeness (QED) is 0.618. The molecule has 0 aromatic heterocycles. The normalized spacial score (nSPS) is 10.2. The largest absolute Gasteiger partial charge is 0.440 e. The summed E-state index contributed by atoms with van der Waals surface area (Å²) in [6.45, 7) is 1.96. The first-order valence-electron chi connectivity index (χ1n) is 2.90. The van der Waals surface area contributed by atoms with Gasteiger partial charge in [-0.15, -0.1) is 4.90 Å². The average Bonchev–Trinajstić information content (AvgIpc) is 1.88. The molecule has 0 amide bonds. The van der Waals surface area contributed by atoms with Gasteiger partial charge in [0.15, 0.2) is 0 Å². The minimum atomic E-state index is -1.59. The molecule has 0 fully saturated rings. The highest BCUT2D eigenvalue weighted by atomic mass is 32.2. The molecule has 0 bridgehead atoms. The maximum absolute atomic E-state index is 10.5. The zero-order chi connectivity index (χ0) is 7.56. The van der Waals surface area contributed by atoms with Crippen molar-refractivity contribution in [1.29, 1.82) is 4.78 Å². The SMILES string of the molecule is Cc1ccc([S-](=N)=O)cc1. The minimum Gasteiger partial charge on any atom is -0.440 e. The second kappa shape index (κ2) is 2.84. The van der Waals surface area contributed by atoms with Gasteiger partial charge in [-0.3, -0.25) is 0 Å². The number of rotatable bonds is 1. The summed E-state index contributed by atoms with van der Waals surface area (Å²) in [6.07, 6.45) is 0. The van der Waals surface area contributed by atoms with Crippen molar-refractivity contribution in [2.45, 2.75) is 11.8 Å². The molecule has 0 heterocycles. The summed E-state index contributed by atoms with van der Waals surface area (Å²) in [5.41, 5.74) is 1.12. The summed E-state index contributed by atoms with van der Waals surface area (Å²) in [5.74, 6) is 0. The monoisotopic (exact) mass is 154 g/mol. The van der Waals surface area contributed by atoms with E-state index < -0.39 is 10.6 Å². The van der Waals surface area contributed by atoms with Crippen molar-refractivity contribution in [2.75, 3.05) is 0 Å². The third-order valence-electron chi connectivity index (χ3n) is 1.24. The van der Waals surface area contributed by atoms with Crippen LogP contribution >= 0.6 is 0 Å². The lowest BCUT2D eigenvalue weighted by atomic mass is 10.2. The fraction of sp³-hybridized carbons (Fsp3) is 0.143. The van der Waals surface area contributed by atoms with Gasteiger partial charge in [0.1, 0.15) is 0 Å². The molecule has 0 aliphatic heterocycles. The smallest absolute Gasteiger partial charge is 0.0398 e. The first kappa shape index (κ1) is 7.28. The third-order valence-corrected chi connectivity index (χ3v) is 1.94. The second-order valence-corrected chi connectivity index (χ2v) is 3.09. The number of aryl methyl sites for hydroxylation is 1. The van der Waals surface area contributed by atoms with E-state index in [1.807, 2.05) is 19.1 Å². The molecule has 0 aliphatic rings. The van der Waals surface area contributed by atoms with Gasteiger partial charge < -0.3 is 8.99 Å². The standard InChI is InChI=1S/C7H8NOS/c1-6-2-4-7(5-3-6)10(8)9/h2-5,8H,1H3/q-1.